The van der Waals surface area contributed by atoms with Crippen molar-refractivity contribution in [1.82, 2.24) is 0 Å². The molecule has 1 aromatic rings. The van der Waals surface area contributed by atoms with E-state index in [4.69, 9.17) is 46.4 Å². The van der Waals surface area contributed by atoms with Crippen LogP contribution in [0, 0.1) is 0 Å². The van der Waals surface area contributed by atoms with E-state index in [0.29, 0.717) is 15.6 Å². The maximum absolute atomic E-state index is 11.3. The Bertz CT molecular complexity index is 315. The van der Waals surface area contributed by atoms with E-state index in [1.54, 1.807) is 0 Å². The molecule has 0 radical (unpaired) electrons. The van der Waals surface area contributed by atoms with E-state index in [9.17, 15) is 4.79 Å². The predicted octanol–water partition coefficient (Wildman–Crippen LogP) is 3.98. The largest absolute Gasteiger partial charge is 0.291 e. The summed E-state index contributed by atoms with van der Waals surface area (Å²) in [4.78, 5) is 10.2. The van der Waals surface area contributed by atoms with Crippen LogP contribution in [-0.4, -0.2) is 10.6 Å². The summed E-state index contributed by atoms with van der Waals surface area (Å²) in [6.07, 6.45) is 0. The molecule has 1 nitrogen and oxygen atoms in total. The van der Waals surface area contributed by atoms with Crippen molar-refractivity contribution in [2.24, 2.45) is 0 Å². The number of hydrogen-bond donors (Lipinski definition) is 0. The first kappa shape index (κ1) is 11.1. The molecule has 0 atom stereocenters. The minimum absolute atomic E-state index is 0.313. The number of hydrogen-bond acceptors (Lipinski definition) is 1. The van der Waals surface area contributed by atoms with Gasteiger partial charge in [-0.1, -0.05) is 46.4 Å². The van der Waals surface area contributed by atoms with Gasteiger partial charge in [0.25, 0.3) is 0 Å². The Balaban J connectivity index is 3.08. The highest BCUT2D eigenvalue weighted by Gasteiger charge is 2.15. The number of carbonyl (C=O) groups is 1. The normalized spacial score (nSPS) is 10.5. The van der Waals surface area contributed by atoms with Gasteiger partial charge in [-0.3, -0.25) is 4.79 Å². The van der Waals surface area contributed by atoms with Gasteiger partial charge >= 0.3 is 0 Å². The molecule has 0 aliphatic rings. The van der Waals surface area contributed by atoms with E-state index in [2.05, 4.69) is 0 Å². The molecule has 0 aliphatic heterocycles. The standard InChI is InChI=1S/C8H4Cl4O/c9-5-1-4(2-6(10)3-5)7(13)8(11)12/h1-3,8H. The molecular weight excluding hydrogens is 254 g/mol. The van der Waals surface area contributed by atoms with E-state index >= 15 is 0 Å². The Kier molecular flexibility index (Phi) is 3.87. The highest BCUT2D eigenvalue weighted by molar-refractivity contribution is 6.55. The summed E-state index contributed by atoms with van der Waals surface area (Å²) in [7, 11) is 0. The lowest BCUT2D eigenvalue weighted by molar-refractivity contribution is 0.101. The molecule has 0 saturated carbocycles. The van der Waals surface area contributed by atoms with E-state index in [-0.39, 0.29) is 0 Å². The summed E-state index contributed by atoms with van der Waals surface area (Å²) in [5.74, 6) is -0.410. The lowest BCUT2D eigenvalue weighted by Gasteiger charge is -2.02. The Morgan fingerprint density at radius 3 is 1.92 bits per heavy atom. The maximum Gasteiger partial charge on any atom is 0.195 e. The first-order valence-corrected chi connectivity index (χ1v) is 4.92. The number of ketones is 1. The Labute approximate surface area is 95.5 Å². The summed E-state index contributed by atoms with van der Waals surface area (Å²) in [5, 5.41) is 0.759. The van der Waals surface area contributed by atoms with Gasteiger partial charge < -0.3 is 0 Å². The number of halogens is 4. The van der Waals surface area contributed by atoms with Crippen LogP contribution in [0.3, 0.4) is 0 Å². The number of carbonyl (C=O) groups excluding carboxylic acids is 1. The minimum Gasteiger partial charge on any atom is -0.291 e. The van der Waals surface area contributed by atoms with E-state index in [1.165, 1.54) is 18.2 Å². The third kappa shape index (κ3) is 3.03. The van der Waals surface area contributed by atoms with Crippen molar-refractivity contribution in [2.75, 3.05) is 0 Å². The van der Waals surface area contributed by atoms with Gasteiger partial charge in [-0.25, -0.2) is 0 Å². The van der Waals surface area contributed by atoms with Crippen LogP contribution in [0.4, 0.5) is 0 Å². The molecule has 0 saturated heterocycles. The van der Waals surface area contributed by atoms with Crippen LogP contribution in [0.1, 0.15) is 10.4 Å². The van der Waals surface area contributed by atoms with Crippen molar-refractivity contribution < 1.29 is 4.79 Å². The van der Waals surface area contributed by atoms with Crippen LogP contribution in [-0.2, 0) is 0 Å². The number of benzene rings is 1. The van der Waals surface area contributed by atoms with Crippen LogP contribution < -0.4 is 0 Å². The van der Waals surface area contributed by atoms with Crippen LogP contribution >= 0.6 is 46.4 Å². The molecule has 0 N–H and O–H groups in total. The van der Waals surface area contributed by atoms with Crippen molar-refractivity contribution in [3.8, 4) is 0 Å². The number of alkyl halides is 2. The molecule has 0 aliphatic carbocycles. The maximum atomic E-state index is 11.3. The lowest BCUT2D eigenvalue weighted by atomic mass is 10.1. The second-order valence-electron chi connectivity index (χ2n) is 2.32. The first-order valence-electron chi connectivity index (χ1n) is 3.29. The third-order valence-corrected chi connectivity index (χ3v) is 2.18. The monoisotopic (exact) mass is 256 g/mol. The van der Waals surface area contributed by atoms with Crippen LogP contribution in [0.5, 0.6) is 0 Å². The van der Waals surface area contributed by atoms with E-state index in [0.717, 1.165) is 0 Å². The summed E-state index contributed by atoms with van der Waals surface area (Å²) < 4.78 is 0. The SMILES string of the molecule is O=C(c1cc(Cl)cc(Cl)c1)C(Cl)Cl. The average Bonchev–Trinajstić information content (AvgIpc) is 2.01. The molecule has 13 heavy (non-hydrogen) atoms. The van der Waals surface area contributed by atoms with Crippen LogP contribution in [0.25, 0.3) is 0 Å². The zero-order valence-electron chi connectivity index (χ0n) is 6.23. The van der Waals surface area contributed by atoms with Gasteiger partial charge in [0.15, 0.2) is 10.6 Å². The predicted molar refractivity (Wildman–Crippen MR) is 56.3 cm³/mol. The van der Waals surface area contributed by atoms with Crippen molar-refractivity contribution in [1.29, 1.82) is 0 Å². The number of rotatable bonds is 2. The van der Waals surface area contributed by atoms with Gasteiger partial charge in [0, 0.05) is 15.6 Å². The smallest absolute Gasteiger partial charge is 0.195 e. The molecule has 0 aromatic heterocycles. The van der Waals surface area contributed by atoms with E-state index < -0.39 is 10.6 Å². The molecule has 0 unspecified atom stereocenters. The highest BCUT2D eigenvalue weighted by Crippen LogP contribution is 2.21. The molecule has 1 rings (SSSR count). The topological polar surface area (TPSA) is 17.1 Å². The molecule has 5 heteroatoms. The highest BCUT2D eigenvalue weighted by atomic mass is 35.5. The van der Waals surface area contributed by atoms with Crippen molar-refractivity contribution in [3.63, 3.8) is 0 Å². The van der Waals surface area contributed by atoms with Gasteiger partial charge in [0.2, 0.25) is 0 Å². The molecule has 0 heterocycles. The van der Waals surface area contributed by atoms with Gasteiger partial charge in [-0.15, -0.1) is 0 Å². The summed E-state index contributed by atoms with van der Waals surface area (Å²) in [6.45, 7) is 0. The van der Waals surface area contributed by atoms with Gasteiger partial charge in [-0.2, -0.15) is 0 Å². The van der Waals surface area contributed by atoms with Gasteiger partial charge in [0.05, 0.1) is 0 Å². The first-order chi connectivity index (χ1) is 6.00. The summed E-state index contributed by atoms with van der Waals surface area (Å²) in [5.41, 5.74) is 0.313. The minimum atomic E-state index is -1.09. The molecular formula is C8H4Cl4O. The lowest BCUT2D eigenvalue weighted by Crippen LogP contribution is -2.07. The average molecular weight is 258 g/mol. The molecule has 0 spiro atoms. The third-order valence-electron chi connectivity index (χ3n) is 1.35. The molecule has 70 valence electrons. The summed E-state index contributed by atoms with van der Waals surface area (Å²) >= 11 is 22.1. The molecule has 0 bridgehead atoms. The van der Waals surface area contributed by atoms with Crippen molar-refractivity contribution in [3.05, 3.63) is 33.8 Å². The molecule has 0 amide bonds. The van der Waals surface area contributed by atoms with Gasteiger partial charge in [0.1, 0.15) is 0 Å². The Morgan fingerprint density at radius 1 is 1.08 bits per heavy atom. The Hall–Kier alpha value is 0.0500. The Morgan fingerprint density at radius 2 is 1.54 bits per heavy atom. The molecule has 0 fully saturated rings. The van der Waals surface area contributed by atoms with E-state index in [1.807, 2.05) is 0 Å². The van der Waals surface area contributed by atoms with Crippen molar-refractivity contribution >= 4 is 52.2 Å². The zero-order valence-corrected chi connectivity index (χ0v) is 9.25. The van der Waals surface area contributed by atoms with Crippen LogP contribution in [0.15, 0.2) is 18.2 Å². The number of Topliss-reactive ketones (excluding diaryl/α,β-unsaturated/α-hetero) is 1. The van der Waals surface area contributed by atoms with Gasteiger partial charge in [-0.05, 0) is 18.2 Å². The second kappa shape index (κ2) is 4.52. The molecule has 1 aromatic carbocycles. The van der Waals surface area contributed by atoms with Crippen molar-refractivity contribution in [2.45, 2.75) is 4.84 Å². The zero-order chi connectivity index (χ0) is 10.0. The fourth-order valence-electron chi connectivity index (χ4n) is 0.822. The quantitative estimate of drug-likeness (QED) is 0.579. The fourth-order valence-corrected chi connectivity index (χ4v) is 1.60. The second-order valence-corrected chi connectivity index (χ2v) is 4.29. The van der Waals surface area contributed by atoms with Crippen LogP contribution in [0.2, 0.25) is 10.0 Å². The summed E-state index contributed by atoms with van der Waals surface area (Å²) in [6, 6.07) is 4.46. The fraction of sp³-hybridized carbons (Fsp3) is 0.125.